The van der Waals surface area contributed by atoms with E-state index in [-0.39, 0.29) is 10.8 Å². The molecule has 0 aromatic heterocycles. The number of ether oxygens (including phenoxy) is 1. The molecule has 0 radical (unpaired) electrons. The molecule has 0 saturated heterocycles. The Balaban J connectivity index is 1.37. The maximum atomic E-state index is 12.9. The third-order valence-corrected chi connectivity index (χ3v) is 7.34. The zero-order chi connectivity index (χ0) is 24.8. The summed E-state index contributed by atoms with van der Waals surface area (Å²) in [7, 11) is -2.22. The van der Waals surface area contributed by atoms with Crippen LogP contribution in [0.1, 0.15) is 6.92 Å². The van der Waals surface area contributed by atoms with E-state index < -0.39 is 16.1 Å². The van der Waals surface area contributed by atoms with Crippen molar-refractivity contribution < 1.29 is 17.9 Å². The van der Waals surface area contributed by atoms with E-state index in [0.717, 1.165) is 11.1 Å². The summed E-state index contributed by atoms with van der Waals surface area (Å²) >= 11 is 0. The van der Waals surface area contributed by atoms with Gasteiger partial charge in [0.25, 0.3) is 15.9 Å². The number of para-hydroxylation sites is 1. The molecule has 4 rings (SSSR count). The number of rotatable bonds is 8. The average molecular weight is 487 g/mol. The molecule has 0 bridgehead atoms. The molecule has 1 atom stereocenters. The number of amides is 1. The van der Waals surface area contributed by atoms with E-state index in [0.29, 0.717) is 17.1 Å². The summed E-state index contributed by atoms with van der Waals surface area (Å²) in [4.78, 5) is 12.7. The Labute approximate surface area is 205 Å². The molecule has 0 saturated carbocycles. The van der Waals surface area contributed by atoms with Crippen molar-refractivity contribution in [1.82, 2.24) is 0 Å². The van der Waals surface area contributed by atoms with Crippen LogP contribution in [-0.2, 0) is 14.8 Å². The molecule has 0 aliphatic rings. The number of hydrogen-bond donors (Lipinski definition) is 1. The summed E-state index contributed by atoms with van der Waals surface area (Å²) in [6.07, 6.45) is -0.745. The van der Waals surface area contributed by atoms with Crippen molar-refractivity contribution in [3.63, 3.8) is 0 Å². The van der Waals surface area contributed by atoms with Crippen LogP contribution < -0.4 is 14.4 Å². The monoisotopic (exact) mass is 486 g/mol. The molecule has 35 heavy (non-hydrogen) atoms. The van der Waals surface area contributed by atoms with Gasteiger partial charge in [0, 0.05) is 12.7 Å². The summed E-state index contributed by atoms with van der Waals surface area (Å²) in [6.45, 7) is 1.66. The zero-order valence-corrected chi connectivity index (χ0v) is 20.3. The molecule has 0 spiro atoms. The molecule has 4 aromatic carbocycles. The number of nitrogens with zero attached hydrogens (tertiary/aromatic N) is 1. The number of anilines is 2. The highest BCUT2D eigenvalue weighted by molar-refractivity contribution is 7.92. The molecule has 0 aliphatic carbocycles. The van der Waals surface area contributed by atoms with Crippen LogP contribution in [0.4, 0.5) is 11.4 Å². The second kappa shape index (κ2) is 10.4. The van der Waals surface area contributed by atoms with Crippen LogP contribution in [0.3, 0.4) is 0 Å². The summed E-state index contributed by atoms with van der Waals surface area (Å²) in [5, 5.41) is 2.77. The molecular formula is C28H26N2O4S. The second-order valence-electron chi connectivity index (χ2n) is 7.97. The van der Waals surface area contributed by atoms with Crippen molar-refractivity contribution >= 4 is 27.3 Å². The molecular weight excluding hydrogens is 460 g/mol. The lowest BCUT2D eigenvalue weighted by atomic mass is 10.1. The van der Waals surface area contributed by atoms with Crippen molar-refractivity contribution in [1.29, 1.82) is 0 Å². The van der Waals surface area contributed by atoms with Gasteiger partial charge in [0.05, 0.1) is 10.6 Å². The van der Waals surface area contributed by atoms with E-state index in [9.17, 15) is 13.2 Å². The number of hydrogen-bond acceptors (Lipinski definition) is 4. The van der Waals surface area contributed by atoms with Gasteiger partial charge in [-0.25, -0.2) is 8.42 Å². The Morgan fingerprint density at radius 1 is 0.771 bits per heavy atom. The van der Waals surface area contributed by atoms with Crippen LogP contribution in [0.15, 0.2) is 114 Å². The van der Waals surface area contributed by atoms with E-state index in [1.807, 2.05) is 60.7 Å². The van der Waals surface area contributed by atoms with Crippen LogP contribution >= 0.6 is 0 Å². The molecule has 0 heterocycles. The molecule has 1 N–H and O–H groups in total. The topological polar surface area (TPSA) is 75.7 Å². The molecule has 0 fully saturated rings. The van der Waals surface area contributed by atoms with Crippen molar-refractivity contribution in [2.75, 3.05) is 16.7 Å². The summed E-state index contributed by atoms with van der Waals surface area (Å²) in [5.74, 6) is 0.242. The van der Waals surface area contributed by atoms with E-state index in [2.05, 4.69) is 5.32 Å². The predicted molar refractivity (Wildman–Crippen MR) is 139 cm³/mol. The minimum absolute atomic E-state index is 0.129. The Hall–Kier alpha value is -4.10. The van der Waals surface area contributed by atoms with E-state index >= 15 is 0 Å². The average Bonchev–Trinajstić information content (AvgIpc) is 2.90. The number of sulfonamides is 1. The smallest absolute Gasteiger partial charge is 0.265 e. The first-order chi connectivity index (χ1) is 16.8. The highest BCUT2D eigenvalue weighted by Crippen LogP contribution is 2.24. The third-order valence-electron chi connectivity index (χ3n) is 5.54. The van der Waals surface area contributed by atoms with Crippen LogP contribution in [0.25, 0.3) is 11.1 Å². The molecule has 1 unspecified atom stereocenters. The van der Waals surface area contributed by atoms with Gasteiger partial charge in [-0.1, -0.05) is 60.7 Å². The molecule has 7 heteroatoms. The van der Waals surface area contributed by atoms with Gasteiger partial charge in [-0.3, -0.25) is 9.10 Å². The second-order valence-corrected chi connectivity index (χ2v) is 9.94. The largest absolute Gasteiger partial charge is 0.481 e. The maximum absolute atomic E-state index is 12.9. The SMILES string of the molecule is CC(Oc1ccc(-c2ccccc2)cc1)C(=O)Nc1ccc(S(=O)(=O)N(C)c2ccccc2)cc1. The van der Waals surface area contributed by atoms with Crippen molar-refractivity contribution in [2.45, 2.75) is 17.9 Å². The molecule has 178 valence electrons. The lowest BCUT2D eigenvalue weighted by Gasteiger charge is -2.19. The Morgan fingerprint density at radius 3 is 1.91 bits per heavy atom. The normalized spacial score (nSPS) is 11.9. The van der Waals surface area contributed by atoms with Gasteiger partial charge in [0.15, 0.2) is 6.10 Å². The van der Waals surface area contributed by atoms with Gasteiger partial charge >= 0.3 is 0 Å². The number of carbonyl (C=O) groups excluding carboxylic acids is 1. The highest BCUT2D eigenvalue weighted by Gasteiger charge is 2.21. The number of benzene rings is 4. The first kappa shape index (κ1) is 24.0. The fourth-order valence-corrected chi connectivity index (χ4v) is 4.70. The van der Waals surface area contributed by atoms with E-state index in [4.69, 9.17) is 4.74 Å². The lowest BCUT2D eigenvalue weighted by Crippen LogP contribution is -2.30. The summed E-state index contributed by atoms with van der Waals surface area (Å²) in [5.41, 5.74) is 3.20. The van der Waals surface area contributed by atoms with Gasteiger partial charge < -0.3 is 10.1 Å². The van der Waals surface area contributed by atoms with Gasteiger partial charge in [0.2, 0.25) is 0 Å². The van der Waals surface area contributed by atoms with Crippen molar-refractivity contribution in [3.8, 4) is 16.9 Å². The van der Waals surface area contributed by atoms with Gasteiger partial charge in [-0.05, 0) is 66.6 Å². The Morgan fingerprint density at radius 2 is 1.31 bits per heavy atom. The van der Waals surface area contributed by atoms with E-state index in [1.165, 1.54) is 23.5 Å². The van der Waals surface area contributed by atoms with Gasteiger partial charge in [0.1, 0.15) is 5.75 Å². The van der Waals surface area contributed by atoms with Crippen LogP contribution in [-0.4, -0.2) is 27.5 Å². The van der Waals surface area contributed by atoms with Crippen LogP contribution in [0.5, 0.6) is 5.75 Å². The first-order valence-electron chi connectivity index (χ1n) is 11.1. The molecule has 1 amide bonds. The van der Waals surface area contributed by atoms with E-state index in [1.54, 1.807) is 43.3 Å². The minimum Gasteiger partial charge on any atom is -0.481 e. The van der Waals surface area contributed by atoms with Gasteiger partial charge in [-0.15, -0.1) is 0 Å². The fourth-order valence-electron chi connectivity index (χ4n) is 3.50. The Bertz CT molecular complexity index is 1370. The van der Waals surface area contributed by atoms with Crippen molar-refractivity contribution in [2.24, 2.45) is 0 Å². The predicted octanol–water partition coefficient (Wildman–Crippen LogP) is 5.58. The fraction of sp³-hybridized carbons (Fsp3) is 0.107. The minimum atomic E-state index is -3.72. The number of carbonyl (C=O) groups is 1. The number of nitrogens with one attached hydrogen (secondary N) is 1. The lowest BCUT2D eigenvalue weighted by molar-refractivity contribution is -0.122. The summed E-state index contributed by atoms with van der Waals surface area (Å²) in [6, 6.07) is 32.4. The quantitative estimate of drug-likeness (QED) is 0.353. The Kier molecular flexibility index (Phi) is 7.17. The molecule has 4 aromatic rings. The standard InChI is InChI=1S/C28H26N2O4S/c1-21(34-26-17-13-23(14-18-26)22-9-5-3-6-10-22)28(31)29-24-15-19-27(20-16-24)35(32,33)30(2)25-11-7-4-8-12-25/h3-21H,1-2H3,(H,29,31). The molecule has 6 nitrogen and oxygen atoms in total. The first-order valence-corrected chi connectivity index (χ1v) is 12.6. The van der Waals surface area contributed by atoms with Gasteiger partial charge in [-0.2, -0.15) is 0 Å². The zero-order valence-electron chi connectivity index (χ0n) is 19.5. The highest BCUT2D eigenvalue weighted by atomic mass is 32.2. The van der Waals surface area contributed by atoms with Crippen LogP contribution in [0.2, 0.25) is 0 Å². The summed E-state index contributed by atoms with van der Waals surface area (Å²) < 4.78 is 32.8. The van der Waals surface area contributed by atoms with Crippen molar-refractivity contribution in [3.05, 3.63) is 109 Å². The van der Waals surface area contributed by atoms with Crippen LogP contribution in [0, 0.1) is 0 Å². The molecule has 0 aliphatic heterocycles. The maximum Gasteiger partial charge on any atom is 0.265 e. The third kappa shape index (κ3) is 5.70.